The quantitative estimate of drug-likeness (QED) is 0.785. The Hall–Kier alpha value is -2.41. The van der Waals surface area contributed by atoms with Crippen LogP contribution in [0.25, 0.3) is 0 Å². The number of carbonyl (C=O) groups is 2. The van der Waals surface area contributed by atoms with Crippen LogP contribution in [0.2, 0.25) is 0 Å². The number of aryl methyl sites for hydroxylation is 1. The lowest BCUT2D eigenvalue weighted by atomic mass is 10.2. The minimum atomic E-state index is -0.191. The van der Waals surface area contributed by atoms with E-state index in [9.17, 15) is 9.59 Å². The Kier molecular flexibility index (Phi) is 6.94. The van der Waals surface area contributed by atoms with Gasteiger partial charge in [-0.25, -0.2) is 4.98 Å². The lowest BCUT2D eigenvalue weighted by Gasteiger charge is -2.20. The molecule has 1 N–H and O–H groups in total. The van der Waals surface area contributed by atoms with Gasteiger partial charge in [0.2, 0.25) is 5.91 Å². The molecule has 0 spiro atoms. The second-order valence-electron chi connectivity index (χ2n) is 5.45. The standard InChI is InChI=1S/C18H23N3O3S/c1-4-19-17(22)10-21(5-2)18(23)14-7-6-8-16(9-14)24-11-15-12-25-13(3)20-15/h6-9,12H,4-5,10-11H2,1-3H3,(H,19,22). The first-order chi connectivity index (χ1) is 12.0. The second-order valence-corrected chi connectivity index (χ2v) is 6.51. The van der Waals surface area contributed by atoms with Gasteiger partial charge in [-0.1, -0.05) is 6.07 Å². The molecular formula is C18H23N3O3S. The number of rotatable bonds is 8. The maximum absolute atomic E-state index is 12.6. The number of thiazole rings is 1. The van der Waals surface area contributed by atoms with Gasteiger partial charge in [0.15, 0.2) is 0 Å². The third-order valence-corrected chi connectivity index (χ3v) is 4.33. The maximum atomic E-state index is 12.6. The largest absolute Gasteiger partial charge is 0.487 e. The molecular weight excluding hydrogens is 338 g/mol. The number of nitrogens with one attached hydrogen (secondary N) is 1. The van der Waals surface area contributed by atoms with Crippen LogP contribution >= 0.6 is 11.3 Å². The molecule has 6 nitrogen and oxygen atoms in total. The van der Waals surface area contributed by atoms with Crippen LogP contribution in [0, 0.1) is 6.92 Å². The number of carbonyl (C=O) groups excluding carboxylic acids is 2. The van der Waals surface area contributed by atoms with Crippen molar-refractivity contribution in [1.29, 1.82) is 0 Å². The fourth-order valence-electron chi connectivity index (χ4n) is 2.29. The van der Waals surface area contributed by atoms with Crippen LogP contribution in [0.3, 0.4) is 0 Å². The summed E-state index contributed by atoms with van der Waals surface area (Å²) >= 11 is 1.57. The van der Waals surface area contributed by atoms with E-state index in [4.69, 9.17) is 4.74 Å². The van der Waals surface area contributed by atoms with Gasteiger partial charge in [-0.05, 0) is 39.0 Å². The van der Waals surface area contributed by atoms with Crippen molar-refractivity contribution in [2.75, 3.05) is 19.6 Å². The summed E-state index contributed by atoms with van der Waals surface area (Å²) in [6.07, 6.45) is 0. The highest BCUT2D eigenvalue weighted by Gasteiger charge is 2.17. The number of hydrogen-bond donors (Lipinski definition) is 1. The normalized spacial score (nSPS) is 10.4. The van der Waals surface area contributed by atoms with Crippen LogP contribution in [-0.4, -0.2) is 41.3 Å². The molecule has 2 amide bonds. The number of amides is 2. The predicted octanol–water partition coefficient (Wildman–Crippen LogP) is 2.63. The molecule has 0 radical (unpaired) electrons. The smallest absolute Gasteiger partial charge is 0.254 e. The summed E-state index contributed by atoms with van der Waals surface area (Å²) in [5.74, 6) is 0.248. The van der Waals surface area contributed by atoms with Crippen LogP contribution in [0.5, 0.6) is 5.75 Å². The molecule has 1 aromatic carbocycles. The Bertz CT molecular complexity index is 730. The topological polar surface area (TPSA) is 71.5 Å². The third-order valence-electron chi connectivity index (χ3n) is 3.51. The minimum Gasteiger partial charge on any atom is -0.487 e. The average molecular weight is 361 g/mol. The predicted molar refractivity (Wildman–Crippen MR) is 97.9 cm³/mol. The molecule has 0 aliphatic heterocycles. The number of likely N-dealkylation sites (N-methyl/N-ethyl adjacent to an activating group) is 2. The Balaban J connectivity index is 2.02. The molecule has 2 aromatic rings. The molecule has 25 heavy (non-hydrogen) atoms. The lowest BCUT2D eigenvalue weighted by Crippen LogP contribution is -2.40. The second kappa shape index (κ2) is 9.17. The Morgan fingerprint density at radius 3 is 2.76 bits per heavy atom. The molecule has 0 atom stereocenters. The van der Waals surface area contributed by atoms with Crippen LogP contribution in [0.4, 0.5) is 0 Å². The highest BCUT2D eigenvalue weighted by Crippen LogP contribution is 2.17. The molecule has 0 unspecified atom stereocenters. The van der Waals surface area contributed by atoms with Crippen molar-refractivity contribution in [3.63, 3.8) is 0 Å². The van der Waals surface area contributed by atoms with Crippen molar-refractivity contribution in [2.24, 2.45) is 0 Å². The number of aromatic nitrogens is 1. The summed E-state index contributed by atoms with van der Waals surface area (Å²) in [5, 5.41) is 5.65. The van der Waals surface area contributed by atoms with Crippen molar-refractivity contribution < 1.29 is 14.3 Å². The van der Waals surface area contributed by atoms with E-state index in [-0.39, 0.29) is 18.4 Å². The summed E-state index contributed by atoms with van der Waals surface area (Å²) in [6.45, 7) is 7.05. The molecule has 1 aromatic heterocycles. The van der Waals surface area contributed by atoms with Gasteiger partial charge >= 0.3 is 0 Å². The van der Waals surface area contributed by atoms with E-state index in [2.05, 4.69) is 10.3 Å². The molecule has 7 heteroatoms. The van der Waals surface area contributed by atoms with E-state index in [0.29, 0.717) is 31.0 Å². The zero-order valence-electron chi connectivity index (χ0n) is 14.7. The van der Waals surface area contributed by atoms with Gasteiger partial charge in [0.1, 0.15) is 12.4 Å². The first kappa shape index (κ1) is 18.9. The van der Waals surface area contributed by atoms with E-state index >= 15 is 0 Å². The van der Waals surface area contributed by atoms with Crippen molar-refractivity contribution >= 4 is 23.2 Å². The SMILES string of the molecule is CCNC(=O)CN(CC)C(=O)c1cccc(OCc2csc(C)n2)c1. The molecule has 1 heterocycles. The maximum Gasteiger partial charge on any atom is 0.254 e. The van der Waals surface area contributed by atoms with Crippen LogP contribution in [-0.2, 0) is 11.4 Å². The minimum absolute atomic E-state index is 0.0480. The van der Waals surface area contributed by atoms with E-state index in [1.807, 2.05) is 26.2 Å². The van der Waals surface area contributed by atoms with E-state index in [1.165, 1.54) is 4.90 Å². The summed E-state index contributed by atoms with van der Waals surface area (Å²) in [6, 6.07) is 7.00. The molecule has 0 fully saturated rings. The summed E-state index contributed by atoms with van der Waals surface area (Å²) in [7, 11) is 0. The van der Waals surface area contributed by atoms with E-state index in [0.717, 1.165) is 10.7 Å². The first-order valence-electron chi connectivity index (χ1n) is 8.23. The number of benzene rings is 1. The molecule has 134 valence electrons. The molecule has 2 rings (SSSR count). The molecule has 0 bridgehead atoms. The van der Waals surface area contributed by atoms with Gasteiger partial charge in [-0.2, -0.15) is 0 Å². The molecule has 0 aliphatic rings. The highest BCUT2D eigenvalue weighted by molar-refractivity contribution is 7.09. The number of nitrogens with zero attached hydrogens (tertiary/aromatic N) is 2. The first-order valence-corrected chi connectivity index (χ1v) is 9.11. The van der Waals surface area contributed by atoms with E-state index < -0.39 is 0 Å². The van der Waals surface area contributed by atoms with E-state index in [1.54, 1.807) is 35.6 Å². The fraction of sp³-hybridized carbons (Fsp3) is 0.389. The highest BCUT2D eigenvalue weighted by atomic mass is 32.1. The Labute approximate surface area is 151 Å². The van der Waals surface area contributed by atoms with Crippen molar-refractivity contribution in [1.82, 2.24) is 15.2 Å². The van der Waals surface area contributed by atoms with Gasteiger partial charge < -0.3 is 15.0 Å². The van der Waals surface area contributed by atoms with Gasteiger partial charge in [0, 0.05) is 24.0 Å². The monoisotopic (exact) mass is 361 g/mol. The molecule has 0 saturated carbocycles. The van der Waals surface area contributed by atoms with Gasteiger partial charge in [0.05, 0.1) is 17.2 Å². The average Bonchev–Trinajstić information content (AvgIpc) is 3.03. The number of ether oxygens (including phenoxy) is 1. The lowest BCUT2D eigenvalue weighted by molar-refractivity contribution is -0.121. The summed E-state index contributed by atoms with van der Waals surface area (Å²) in [4.78, 5) is 30.2. The van der Waals surface area contributed by atoms with Gasteiger partial charge in [-0.15, -0.1) is 11.3 Å². The van der Waals surface area contributed by atoms with Crippen LogP contribution in [0.15, 0.2) is 29.6 Å². The molecule has 0 aliphatic carbocycles. The zero-order chi connectivity index (χ0) is 18.2. The van der Waals surface area contributed by atoms with Gasteiger partial charge in [-0.3, -0.25) is 9.59 Å². The Morgan fingerprint density at radius 1 is 1.32 bits per heavy atom. The summed E-state index contributed by atoms with van der Waals surface area (Å²) < 4.78 is 5.72. The van der Waals surface area contributed by atoms with Crippen LogP contribution < -0.4 is 10.1 Å². The van der Waals surface area contributed by atoms with Crippen molar-refractivity contribution in [2.45, 2.75) is 27.4 Å². The fourth-order valence-corrected chi connectivity index (χ4v) is 2.88. The molecule has 0 saturated heterocycles. The summed E-state index contributed by atoms with van der Waals surface area (Å²) in [5.41, 5.74) is 1.36. The zero-order valence-corrected chi connectivity index (χ0v) is 15.6. The number of hydrogen-bond acceptors (Lipinski definition) is 5. The van der Waals surface area contributed by atoms with Gasteiger partial charge in [0.25, 0.3) is 5.91 Å². The van der Waals surface area contributed by atoms with Crippen molar-refractivity contribution in [3.05, 3.63) is 45.9 Å². The van der Waals surface area contributed by atoms with Crippen molar-refractivity contribution in [3.8, 4) is 5.75 Å². The Morgan fingerprint density at radius 2 is 2.12 bits per heavy atom. The van der Waals surface area contributed by atoms with Crippen LogP contribution in [0.1, 0.15) is 34.9 Å². The third kappa shape index (κ3) is 5.56.